The first-order chi connectivity index (χ1) is 11.0. The van der Waals surface area contributed by atoms with Crippen LogP contribution >= 0.6 is 0 Å². The van der Waals surface area contributed by atoms with E-state index in [0.717, 1.165) is 23.1 Å². The molecule has 0 bridgehead atoms. The summed E-state index contributed by atoms with van der Waals surface area (Å²) in [7, 11) is 2.07. The van der Waals surface area contributed by atoms with E-state index in [0.29, 0.717) is 19.0 Å². The van der Waals surface area contributed by atoms with Gasteiger partial charge in [-0.05, 0) is 31.4 Å². The molecule has 124 valence electrons. The van der Waals surface area contributed by atoms with Gasteiger partial charge in [-0.3, -0.25) is 4.79 Å². The van der Waals surface area contributed by atoms with E-state index in [2.05, 4.69) is 28.8 Å². The molecule has 3 heterocycles. The van der Waals surface area contributed by atoms with Gasteiger partial charge in [-0.15, -0.1) is 0 Å². The van der Waals surface area contributed by atoms with Crippen LogP contribution in [0.3, 0.4) is 0 Å². The summed E-state index contributed by atoms with van der Waals surface area (Å²) < 4.78 is 0. The summed E-state index contributed by atoms with van der Waals surface area (Å²) in [6, 6.07) is 4.26. The molecule has 23 heavy (non-hydrogen) atoms. The number of amides is 1. The van der Waals surface area contributed by atoms with Gasteiger partial charge in [0.1, 0.15) is 11.8 Å². The third-order valence-corrected chi connectivity index (χ3v) is 4.90. The summed E-state index contributed by atoms with van der Waals surface area (Å²) in [4.78, 5) is 23.6. The average molecular weight is 316 g/mol. The number of aromatic amines is 1. The monoisotopic (exact) mass is 316 g/mol. The summed E-state index contributed by atoms with van der Waals surface area (Å²) in [6.45, 7) is 5.10. The molecule has 1 unspecified atom stereocenters. The smallest absolute Gasteiger partial charge is 0.251 e. The lowest BCUT2D eigenvalue weighted by molar-refractivity contribution is -0.140. The zero-order valence-electron chi connectivity index (χ0n) is 13.9. The number of carbonyl (C=O) groups excluding carboxylic acids is 1. The third kappa shape index (κ3) is 2.91. The number of piperidine rings is 1. The maximum Gasteiger partial charge on any atom is 0.251 e. The van der Waals surface area contributed by atoms with Gasteiger partial charge in [0.2, 0.25) is 0 Å². The molecule has 2 aromatic rings. The van der Waals surface area contributed by atoms with Crippen LogP contribution in [-0.2, 0) is 4.79 Å². The molecule has 1 saturated heterocycles. The Labute approximate surface area is 136 Å². The molecule has 2 N–H and O–H groups in total. The summed E-state index contributed by atoms with van der Waals surface area (Å²) in [5, 5.41) is 10.7. The van der Waals surface area contributed by atoms with E-state index in [4.69, 9.17) is 0 Å². The van der Waals surface area contributed by atoms with E-state index < -0.39 is 6.10 Å². The van der Waals surface area contributed by atoms with Gasteiger partial charge in [-0.2, -0.15) is 0 Å². The quantitative estimate of drug-likeness (QED) is 0.902. The Kier molecular flexibility index (Phi) is 4.26. The second kappa shape index (κ2) is 6.20. The highest BCUT2D eigenvalue weighted by atomic mass is 16.3. The third-order valence-electron chi connectivity index (χ3n) is 4.90. The van der Waals surface area contributed by atoms with Crippen LogP contribution in [0.4, 0.5) is 5.69 Å². The molecule has 1 aliphatic rings. The van der Waals surface area contributed by atoms with Gasteiger partial charge in [0.15, 0.2) is 0 Å². The zero-order chi connectivity index (χ0) is 16.6. The fourth-order valence-corrected chi connectivity index (χ4v) is 3.45. The number of fused-ring (bicyclic) bond motifs is 1. The first-order valence-corrected chi connectivity index (χ1v) is 8.11. The Balaban J connectivity index is 1.86. The minimum atomic E-state index is -0.938. The number of aliphatic hydroxyl groups is 1. The molecule has 0 radical (unpaired) electrons. The largest absolute Gasteiger partial charge is 0.384 e. The van der Waals surface area contributed by atoms with Crippen LogP contribution in [-0.4, -0.2) is 58.2 Å². The van der Waals surface area contributed by atoms with Crippen molar-refractivity contribution in [1.82, 2.24) is 14.9 Å². The van der Waals surface area contributed by atoms with E-state index in [9.17, 15) is 9.90 Å². The maximum absolute atomic E-state index is 12.1. The molecule has 3 rings (SSSR count). The van der Waals surface area contributed by atoms with Crippen molar-refractivity contribution in [2.45, 2.75) is 32.4 Å². The van der Waals surface area contributed by atoms with Crippen LogP contribution in [0, 0.1) is 5.92 Å². The number of nitrogens with zero attached hydrogens (tertiary/aromatic N) is 3. The molecule has 6 heteroatoms. The normalized spacial score (nSPS) is 23.0. The summed E-state index contributed by atoms with van der Waals surface area (Å²) >= 11 is 0. The molecule has 0 spiro atoms. The van der Waals surface area contributed by atoms with Gasteiger partial charge in [0.05, 0.1) is 0 Å². The minimum absolute atomic E-state index is 0.184. The average Bonchev–Trinajstić information content (AvgIpc) is 3.02. The van der Waals surface area contributed by atoms with Gasteiger partial charge in [0.25, 0.3) is 5.91 Å². The van der Waals surface area contributed by atoms with Crippen LogP contribution in [0.25, 0.3) is 11.0 Å². The predicted molar refractivity (Wildman–Crippen MR) is 90.3 cm³/mol. The van der Waals surface area contributed by atoms with Gasteiger partial charge in [-0.25, -0.2) is 4.98 Å². The zero-order valence-corrected chi connectivity index (χ0v) is 13.9. The van der Waals surface area contributed by atoms with Crippen LogP contribution in [0.2, 0.25) is 0 Å². The molecule has 0 aromatic carbocycles. The summed E-state index contributed by atoms with van der Waals surface area (Å²) in [5.74, 6) is 0.289. The van der Waals surface area contributed by atoms with Gasteiger partial charge < -0.3 is 19.9 Å². The first kappa shape index (κ1) is 15.8. The van der Waals surface area contributed by atoms with Crippen molar-refractivity contribution >= 4 is 22.6 Å². The molecule has 0 saturated carbocycles. The van der Waals surface area contributed by atoms with Crippen LogP contribution in [0.5, 0.6) is 0 Å². The molecule has 2 aromatic heterocycles. The van der Waals surface area contributed by atoms with Crippen molar-refractivity contribution in [3.8, 4) is 0 Å². The molecule has 1 aliphatic heterocycles. The van der Waals surface area contributed by atoms with Crippen LogP contribution < -0.4 is 4.90 Å². The highest BCUT2D eigenvalue weighted by Crippen LogP contribution is 2.30. The number of rotatable bonds is 3. The number of aliphatic hydroxyl groups excluding tert-OH is 1. The lowest BCUT2D eigenvalue weighted by Gasteiger charge is -2.43. The van der Waals surface area contributed by atoms with Gasteiger partial charge in [-0.1, -0.05) is 6.92 Å². The number of hydrogen-bond acceptors (Lipinski definition) is 4. The second-order valence-electron chi connectivity index (χ2n) is 6.47. The van der Waals surface area contributed by atoms with Crippen molar-refractivity contribution in [2.24, 2.45) is 5.92 Å². The Morgan fingerprint density at radius 1 is 1.52 bits per heavy atom. The number of likely N-dealkylation sites (N-methyl/N-ethyl adjacent to an activating group) is 1. The Bertz CT molecular complexity index is 697. The standard InChI is InChI=1S/C17H24N4O2/c1-11-6-9-21(17(23)12(2)22)10-15(11)20(3)14-5-8-19-16-13(14)4-7-18-16/h4-5,7-8,11-12,15,22H,6,9-10H2,1-3H3,(H,18,19)/t11-,12?,15+/m1/s1. The molecular weight excluding hydrogens is 292 g/mol. The molecule has 1 amide bonds. The van der Waals surface area contributed by atoms with Crippen molar-refractivity contribution in [2.75, 3.05) is 25.0 Å². The van der Waals surface area contributed by atoms with E-state index in [1.165, 1.54) is 6.92 Å². The number of anilines is 1. The van der Waals surface area contributed by atoms with Crippen molar-refractivity contribution in [3.63, 3.8) is 0 Å². The highest BCUT2D eigenvalue weighted by Gasteiger charge is 2.33. The number of pyridine rings is 1. The molecule has 0 aliphatic carbocycles. The first-order valence-electron chi connectivity index (χ1n) is 8.11. The minimum Gasteiger partial charge on any atom is -0.384 e. The lowest BCUT2D eigenvalue weighted by Crippen LogP contribution is -2.54. The highest BCUT2D eigenvalue weighted by molar-refractivity contribution is 5.89. The van der Waals surface area contributed by atoms with Crippen LogP contribution in [0.15, 0.2) is 24.5 Å². The van der Waals surface area contributed by atoms with Crippen molar-refractivity contribution in [1.29, 1.82) is 0 Å². The molecule has 3 atom stereocenters. The van der Waals surface area contributed by atoms with Gasteiger partial charge >= 0.3 is 0 Å². The molecule has 6 nitrogen and oxygen atoms in total. The SMILES string of the molecule is CC(O)C(=O)N1CC[C@@H](C)[C@@H](N(C)c2ccnc3[nH]ccc23)C1. The predicted octanol–water partition coefficient (Wildman–Crippen LogP) is 1.62. The lowest BCUT2D eigenvalue weighted by atomic mass is 9.91. The van der Waals surface area contributed by atoms with Crippen LogP contribution in [0.1, 0.15) is 20.3 Å². The molecular formula is C17H24N4O2. The number of aromatic nitrogens is 2. The van der Waals surface area contributed by atoms with E-state index in [1.54, 1.807) is 11.1 Å². The maximum atomic E-state index is 12.1. The number of H-pyrrole nitrogens is 1. The Morgan fingerprint density at radius 3 is 3.04 bits per heavy atom. The topological polar surface area (TPSA) is 72.5 Å². The van der Waals surface area contributed by atoms with Crippen molar-refractivity contribution in [3.05, 3.63) is 24.5 Å². The summed E-state index contributed by atoms with van der Waals surface area (Å²) in [6.07, 6.45) is 3.69. The van der Waals surface area contributed by atoms with E-state index in [1.807, 2.05) is 18.3 Å². The second-order valence-corrected chi connectivity index (χ2v) is 6.47. The number of carbonyl (C=O) groups is 1. The van der Waals surface area contributed by atoms with E-state index >= 15 is 0 Å². The Morgan fingerprint density at radius 2 is 2.30 bits per heavy atom. The fraction of sp³-hybridized carbons (Fsp3) is 0.529. The number of hydrogen-bond donors (Lipinski definition) is 2. The summed E-state index contributed by atoms with van der Waals surface area (Å²) in [5.41, 5.74) is 1.98. The number of likely N-dealkylation sites (tertiary alicyclic amines) is 1. The van der Waals surface area contributed by atoms with Gasteiger partial charge in [0, 0.05) is 49.6 Å². The van der Waals surface area contributed by atoms with Crippen molar-refractivity contribution < 1.29 is 9.90 Å². The fourth-order valence-electron chi connectivity index (χ4n) is 3.45. The molecule has 1 fully saturated rings. The van der Waals surface area contributed by atoms with E-state index in [-0.39, 0.29) is 11.9 Å². The number of nitrogens with one attached hydrogen (secondary N) is 1. The Hall–Kier alpha value is -2.08.